The molecule has 2 fully saturated rings. The van der Waals surface area contributed by atoms with Crippen LogP contribution in [0.5, 0.6) is 0 Å². The van der Waals surface area contributed by atoms with Crippen molar-refractivity contribution in [3.63, 3.8) is 0 Å². The highest BCUT2D eigenvalue weighted by Crippen LogP contribution is 2.50. The number of methoxy groups -OCH3 is 1. The Morgan fingerprint density at radius 1 is 1.15 bits per heavy atom. The number of hydrogen-bond acceptors (Lipinski definition) is 4. The van der Waals surface area contributed by atoms with Crippen LogP contribution in [0.4, 0.5) is 13.2 Å². The highest BCUT2D eigenvalue weighted by atomic mass is 19.4. The number of likely N-dealkylation sites (tertiary alicyclic amines) is 1. The van der Waals surface area contributed by atoms with Gasteiger partial charge in [-0.05, 0) is 29.9 Å². The second-order valence-corrected chi connectivity index (χ2v) is 8.72. The predicted octanol–water partition coefficient (Wildman–Crippen LogP) is 3.40. The van der Waals surface area contributed by atoms with Crippen molar-refractivity contribution in [3.05, 3.63) is 66.0 Å². The highest BCUT2D eigenvalue weighted by Gasteiger charge is 2.64. The summed E-state index contributed by atoms with van der Waals surface area (Å²) in [5.41, 5.74) is -2.80. The number of carbonyl (C=O) groups excluding carboxylic acids is 2. The SMILES string of the molecule is CO[C@@](C(=O)N1CCC2(CC1)CC(=O)NC[C@@H]2c1cccnc1)(c1ccccc1)C(F)(F)F. The molecule has 1 aromatic heterocycles. The van der Waals surface area contributed by atoms with E-state index < -0.39 is 23.1 Å². The molecule has 176 valence electrons. The van der Waals surface area contributed by atoms with Crippen LogP contribution in [0.3, 0.4) is 0 Å². The first kappa shape index (κ1) is 23.2. The summed E-state index contributed by atoms with van der Waals surface area (Å²) >= 11 is 0. The number of nitrogens with zero attached hydrogens (tertiary/aromatic N) is 2. The lowest BCUT2D eigenvalue weighted by atomic mass is 9.62. The van der Waals surface area contributed by atoms with Gasteiger partial charge in [0.25, 0.3) is 11.5 Å². The van der Waals surface area contributed by atoms with Crippen LogP contribution in [-0.2, 0) is 19.9 Å². The van der Waals surface area contributed by atoms with E-state index in [9.17, 15) is 22.8 Å². The Hall–Kier alpha value is -2.94. The number of ether oxygens (including phenoxy) is 1. The first-order valence-electron chi connectivity index (χ1n) is 10.9. The van der Waals surface area contributed by atoms with Crippen molar-refractivity contribution >= 4 is 11.8 Å². The Labute approximate surface area is 190 Å². The van der Waals surface area contributed by atoms with E-state index in [1.165, 1.54) is 29.2 Å². The fourth-order valence-electron chi connectivity index (χ4n) is 5.30. The number of halogens is 3. The second kappa shape index (κ2) is 8.78. The van der Waals surface area contributed by atoms with E-state index in [4.69, 9.17) is 4.74 Å². The van der Waals surface area contributed by atoms with Gasteiger partial charge >= 0.3 is 6.18 Å². The van der Waals surface area contributed by atoms with Crippen LogP contribution in [0.1, 0.15) is 36.3 Å². The molecular formula is C24H26F3N3O3. The number of carbonyl (C=O) groups is 2. The lowest BCUT2D eigenvalue weighted by Crippen LogP contribution is -2.60. The number of amides is 2. The number of hydrogen-bond donors (Lipinski definition) is 1. The van der Waals surface area contributed by atoms with Gasteiger partial charge in [0.15, 0.2) is 0 Å². The van der Waals surface area contributed by atoms with Crippen LogP contribution in [0, 0.1) is 5.41 Å². The van der Waals surface area contributed by atoms with E-state index in [2.05, 4.69) is 10.3 Å². The second-order valence-electron chi connectivity index (χ2n) is 8.72. The van der Waals surface area contributed by atoms with Crippen molar-refractivity contribution < 1.29 is 27.5 Å². The zero-order valence-corrected chi connectivity index (χ0v) is 18.3. The minimum Gasteiger partial charge on any atom is -0.356 e. The van der Waals surface area contributed by atoms with Gasteiger partial charge in [-0.3, -0.25) is 14.6 Å². The normalized spacial score (nSPS) is 22.5. The van der Waals surface area contributed by atoms with Crippen molar-refractivity contribution in [1.29, 1.82) is 0 Å². The monoisotopic (exact) mass is 461 g/mol. The van der Waals surface area contributed by atoms with Crippen LogP contribution < -0.4 is 5.32 Å². The lowest BCUT2D eigenvalue weighted by Gasteiger charge is -2.50. The third-order valence-corrected chi connectivity index (χ3v) is 7.08. The summed E-state index contributed by atoms with van der Waals surface area (Å²) < 4.78 is 47.9. The maximum atomic E-state index is 14.3. The number of alkyl halides is 3. The van der Waals surface area contributed by atoms with Gasteiger partial charge in [0.2, 0.25) is 5.91 Å². The van der Waals surface area contributed by atoms with Crippen molar-refractivity contribution in [2.75, 3.05) is 26.7 Å². The molecule has 4 rings (SSSR count). The molecule has 2 aliphatic rings. The molecule has 3 heterocycles. The molecule has 1 N–H and O–H groups in total. The topological polar surface area (TPSA) is 71.5 Å². The molecule has 1 aromatic carbocycles. The van der Waals surface area contributed by atoms with Gasteiger partial charge in [-0.2, -0.15) is 13.2 Å². The molecule has 2 aliphatic heterocycles. The van der Waals surface area contributed by atoms with Crippen LogP contribution in [0.15, 0.2) is 54.9 Å². The Bertz CT molecular complexity index is 992. The molecule has 0 unspecified atom stereocenters. The van der Waals surface area contributed by atoms with Gasteiger partial charge in [-0.25, -0.2) is 0 Å². The number of pyridine rings is 1. The zero-order chi connectivity index (χ0) is 23.7. The standard InChI is InChI=1S/C24H26F3N3O3/c1-33-23(24(25,26)27,18-7-3-2-4-8-18)21(32)30-12-9-22(10-13-30)14-20(31)29-16-19(22)17-6-5-11-28-15-17/h2-8,11,15,19H,9-10,12-14,16H2,1H3,(H,29,31)/t19-,23-/m1/s1. The van der Waals surface area contributed by atoms with Gasteiger partial charge in [0, 0.05) is 57.0 Å². The smallest absolute Gasteiger partial charge is 0.356 e. The fraction of sp³-hybridized carbons (Fsp3) is 0.458. The lowest BCUT2D eigenvalue weighted by molar-refractivity contribution is -0.271. The summed E-state index contributed by atoms with van der Waals surface area (Å²) in [7, 11) is 0.910. The van der Waals surface area contributed by atoms with Crippen LogP contribution in [0.25, 0.3) is 0 Å². The van der Waals surface area contributed by atoms with Crippen molar-refractivity contribution in [1.82, 2.24) is 15.2 Å². The summed E-state index contributed by atoms with van der Waals surface area (Å²) in [6.45, 7) is 0.654. The predicted molar refractivity (Wildman–Crippen MR) is 114 cm³/mol. The number of aromatic nitrogens is 1. The molecule has 0 saturated carbocycles. The molecule has 6 nitrogen and oxygen atoms in total. The largest absolute Gasteiger partial charge is 0.430 e. The van der Waals surface area contributed by atoms with Gasteiger partial charge in [-0.1, -0.05) is 36.4 Å². The van der Waals surface area contributed by atoms with Crippen molar-refractivity contribution in [2.45, 2.75) is 37.0 Å². The summed E-state index contributed by atoms with van der Waals surface area (Å²) in [5, 5.41) is 2.89. The minimum absolute atomic E-state index is 0.0231. The Balaban J connectivity index is 1.61. The van der Waals surface area contributed by atoms with E-state index in [1.54, 1.807) is 18.5 Å². The molecule has 0 bridgehead atoms. The highest BCUT2D eigenvalue weighted by molar-refractivity contribution is 5.88. The molecule has 2 amide bonds. The summed E-state index contributed by atoms with van der Waals surface area (Å²) in [4.78, 5) is 31.1. The first-order chi connectivity index (χ1) is 15.7. The zero-order valence-electron chi connectivity index (χ0n) is 18.3. The number of benzene rings is 1. The first-order valence-corrected chi connectivity index (χ1v) is 10.9. The van der Waals surface area contributed by atoms with Crippen LogP contribution in [-0.4, -0.2) is 54.6 Å². The van der Waals surface area contributed by atoms with Gasteiger partial charge < -0.3 is 15.0 Å². The number of piperidine rings is 2. The maximum absolute atomic E-state index is 14.3. The summed E-state index contributed by atoms with van der Waals surface area (Å²) in [6, 6.07) is 10.8. The third-order valence-electron chi connectivity index (χ3n) is 7.08. The van der Waals surface area contributed by atoms with E-state index >= 15 is 0 Å². The van der Waals surface area contributed by atoms with Gasteiger partial charge in [0.1, 0.15) is 0 Å². The average Bonchev–Trinajstić information content (AvgIpc) is 2.81. The minimum atomic E-state index is -4.95. The fourth-order valence-corrected chi connectivity index (χ4v) is 5.30. The number of nitrogens with one attached hydrogen (secondary N) is 1. The molecule has 2 aromatic rings. The van der Waals surface area contributed by atoms with E-state index in [-0.39, 0.29) is 36.9 Å². The summed E-state index contributed by atoms with van der Waals surface area (Å²) in [6.07, 6.45) is -0.420. The number of rotatable bonds is 4. The molecular weight excluding hydrogens is 435 g/mol. The Morgan fingerprint density at radius 2 is 1.85 bits per heavy atom. The van der Waals surface area contributed by atoms with Crippen molar-refractivity contribution in [3.8, 4) is 0 Å². The molecule has 2 saturated heterocycles. The van der Waals surface area contributed by atoms with E-state index in [1.807, 2.05) is 12.1 Å². The Kier molecular flexibility index (Phi) is 6.18. The maximum Gasteiger partial charge on any atom is 0.430 e. The van der Waals surface area contributed by atoms with E-state index in [0.29, 0.717) is 19.4 Å². The van der Waals surface area contributed by atoms with Crippen LogP contribution in [0.2, 0.25) is 0 Å². The van der Waals surface area contributed by atoms with Crippen LogP contribution >= 0.6 is 0 Å². The quantitative estimate of drug-likeness (QED) is 0.758. The van der Waals surface area contributed by atoms with Gasteiger partial charge in [-0.15, -0.1) is 0 Å². The summed E-state index contributed by atoms with van der Waals surface area (Å²) in [5.74, 6) is -1.23. The Morgan fingerprint density at radius 3 is 2.42 bits per heavy atom. The average molecular weight is 461 g/mol. The molecule has 33 heavy (non-hydrogen) atoms. The third kappa shape index (κ3) is 3.99. The molecule has 9 heteroatoms. The molecule has 1 spiro atoms. The van der Waals surface area contributed by atoms with Crippen molar-refractivity contribution in [2.24, 2.45) is 5.41 Å². The van der Waals surface area contributed by atoms with Gasteiger partial charge in [0.05, 0.1) is 0 Å². The molecule has 0 radical (unpaired) electrons. The molecule has 2 atom stereocenters. The van der Waals surface area contributed by atoms with E-state index in [0.717, 1.165) is 12.7 Å². The molecule has 0 aliphatic carbocycles.